The van der Waals surface area contributed by atoms with Crippen molar-refractivity contribution in [3.63, 3.8) is 0 Å². The first-order valence-electron chi connectivity index (χ1n) is 13.1. The number of rotatable bonds is 9. The van der Waals surface area contributed by atoms with Crippen molar-refractivity contribution in [3.05, 3.63) is 84.1 Å². The molecule has 1 aromatic heterocycles. The monoisotopic (exact) mass is 516 g/mol. The fourth-order valence-electron chi connectivity index (χ4n) is 5.65. The summed E-state index contributed by atoms with van der Waals surface area (Å²) in [6.45, 7) is 14.0. The molecule has 0 amide bonds. The zero-order valence-electron chi connectivity index (χ0n) is 23.2. The quantitative estimate of drug-likeness (QED) is 0.240. The van der Waals surface area contributed by atoms with Gasteiger partial charge in [0.2, 0.25) is 0 Å². The van der Waals surface area contributed by atoms with Gasteiger partial charge >= 0.3 is 0 Å². The molecule has 0 unspecified atom stereocenters. The second-order valence-electron chi connectivity index (χ2n) is 11.3. The number of furan rings is 1. The van der Waals surface area contributed by atoms with Gasteiger partial charge in [0.1, 0.15) is 11.3 Å². The Morgan fingerprint density at radius 1 is 0.919 bits per heavy atom. The maximum absolute atomic E-state index is 10.3. The first-order chi connectivity index (χ1) is 17.6. The van der Waals surface area contributed by atoms with Crippen LogP contribution >= 0.6 is 0 Å². The Morgan fingerprint density at radius 3 is 2.00 bits per heavy atom. The Morgan fingerprint density at radius 2 is 1.49 bits per heavy atom. The first kappa shape index (κ1) is 27.0. The van der Waals surface area contributed by atoms with Gasteiger partial charge in [0, 0.05) is 23.5 Å². The number of methoxy groups -OCH3 is 1. The summed E-state index contributed by atoms with van der Waals surface area (Å²) in [7, 11) is -0.995. The Labute approximate surface area is 222 Å². The van der Waals surface area contributed by atoms with Crippen molar-refractivity contribution in [2.75, 3.05) is 13.7 Å². The topological polar surface area (TPSA) is 51.8 Å². The van der Waals surface area contributed by atoms with E-state index < -0.39 is 8.32 Å². The predicted molar refractivity (Wildman–Crippen MR) is 155 cm³/mol. The van der Waals surface area contributed by atoms with Gasteiger partial charge in [-0.2, -0.15) is 0 Å². The van der Waals surface area contributed by atoms with Crippen LogP contribution in [-0.4, -0.2) is 27.1 Å². The molecule has 0 fully saturated rings. The van der Waals surface area contributed by atoms with E-state index in [2.05, 4.69) is 95.3 Å². The number of ether oxygens (including phenoxy) is 1. The van der Waals surface area contributed by atoms with E-state index in [0.29, 0.717) is 18.3 Å². The fourth-order valence-corrected chi connectivity index (χ4v) is 10.3. The van der Waals surface area contributed by atoms with Crippen LogP contribution in [0.15, 0.2) is 77.2 Å². The van der Waals surface area contributed by atoms with Crippen molar-refractivity contribution in [3.8, 4) is 11.5 Å². The lowest BCUT2D eigenvalue weighted by molar-refractivity contribution is 0.229. The molecular formula is C32H40O4Si. The molecule has 0 saturated carbocycles. The summed E-state index contributed by atoms with van der Waals surface area (Å²) in [5, 5.41) is 13.8. The average Bonchev–Trinajstić information content (AvgIpc) is 3.30. The van der Waals surface area contributed by atoms with E-state index in [1.807, 2.05) is 13.0 Å². The van der Waals surface area contributed by atoms with E-state index in [1.54, 1.807) is 13.2 Å². The standard InChI is InChI=1S/C32H40O4Si/c1-22(18-23(2)29-20-25-19-28(33)31(34-7)24(3)30(25)36-29)21-35-37(32(4,5)6,26-14-10-8-11-15-26)27-16-12-9-13-17-27/h8-17,19-20,22-23,33H,18,21H2,1-7H3/t22-,23-/m0/s1. The van der Waals surface area contributed by atoms with Crippen LogP contribution in [0.3, 0.4) is 0 Å². The van der Waals surface area contributed by atoms with Gasteiger partial charge in [-0.25, -0.2) is 0 Å². The van der Waals surface area contributed by atoms with E-state index in [-0.39, 0.29) is 16.7 Å². The summed E-state index contributed by atoms with van der Waals surface area (Å²) in [5.74, 6) is 2.06. The molecule has 3 aromatic carbocycles. The number of aromatic hydroxyl groups is 1. The number of phenols is 1. The van der Waals surface area contributed by atoms with E-state index in [1.165, 1.54) is 10.4 Å². The first-order valence-corrected chi connectivity index (χ1v) is 15.0. The molecular weight excluding hydrogens is 476 g/mol. The van der Waals surface area contributed by atoms with Crippen molar-refractivity contribution in [1.82, 2.24) is 0 Å². The highest BCUT2D eigenvalue weighted by atomic mass is 28.4. The Balaban J connectivity index is 1.58. The minimum atomic E-state index is -2.56. The molecule has 4 rings (SSSR count). The van der Waals surface area contributed by atoms with Crippen LogP contribution in [0, 0.1) is 12.8 Å². The highest BCUT2D eigenvalue weighted by molar-refractivity contribution is 6.99. The lowest BCUT2D eigenvalue weighted by Gasteiger charge is -2.43. The maximum atomic E-state index is 10.3. The summed E-state index contributed by atoms with van der Waals surface area (Å²) in [5.41, 5.74) is 1.59. The van der Waals surface area contributed by atoms with Crippen molar-refractivity contribution in [2.45, 2.75) is 58.9 Å². The van der Waals surface area contributed by atoms with Crippen LogP contribution in [0.4, 0.5) is 0 Å². The molecule has 0 saturated heterocycles. The van der Waals surface area contributed by atoms with Crippen molar-refractivity contribution < 1.29 is 18.7 Å². The Bertz CT molecular complexity index is 1280. The van der Waals surface area contributed by atoms with Crippen LogP contribution in [0.25, 0.3) is 11.0 Å². The van der Waals surface area contributed by atoms with Crippen LogP contribution in [0.5, 0.6) is 11.5 Å². The number of benzene rings is 3. The van der Waals surface area contributed by atoms with Gasteiger partial charge in [-0.1, -0.05) is 95.3 Å². The van der Waals surface area contributed by atoms with Crippen LogP contribution < -0.4 is 15.1 Å². The zero-order chi connectivity index (χ0) is 26.8. The normalized spacial score (nSPS) is 14.0. The van der Waals surface area contributed by atoms with Crippen LogP contribution in [-0.2, 0) is 4.43 Å². The maximum Gasteiger partial charge on any atom is 0.261 e. The minimum absolute atomic E-state index is 0.0433. The second-order valence-corrected chi connectivity index (χ2v) is 15.6. The minimum Gasteiger partial charge on any atom is -0.504 e. The van der Waals surface area contributed by atoms with Gasteiger partial charge < -0.3 is 18.7 Å². The lowest BCUT2D eigenvalue weighted by atomic mass is 9.96. The lowest BCUT2D eigenvalue weighted by Crippen LogP contribution is -2.66. The molecule has 1 N–H and O–H groups in total. The van der Waals surface area contributed by atoms with Gasteiger partial charge in [-0.3, -0.25) is 0 Å². The third-order valence-electron chi connectivity index (χ3n) is 7.43. The molecule has 0 aliphatic heterocycles. The molecule has 196 valence electrons. The molecule has 5 heteroatoms. The second kappa shape index (κ2) is 10.8. The molecule has 4 nitrogen and oxygen atoms in total. The molecule has 0 bridgehead atoms. The average molecular weight is 517 g/mol. The molecule has 0 aliphatic rings. The molecule has 4 aromatic rings. The summed E-state index contributed by atoms with van der Waals surface area (Å²) in [6.07, 6.45) is 0.931. The van der Waals surface area contributed by atoms with Crippen LogP contribution in [0.1, 0.15) is 58.3 Å². The molecule has 0 aliphatic carbocycles. The Hall–Kier alpha value is -3.02. The SMILES string of the molecule is COc1c(O)cc2cc([C@@H](C)C[C@H](C)CO[Si](c3ccccc3)(c3ccccc3)C(C)(C)C)oc2c1C. The molecule has 0 spiro atoms. The van der Waals surface area contributed by atoms with E-state index >= 15 is 0 Å². The summed E-state index contributed by atoms with van der Waals surface area (Å²) in [4.78, 5) is 0. The van der Waals surface area contributed by atoms with E-state index in [0.717, 1.165) is 28.7 Å². The number of hydrogen-bond acceptors (Lipinski definition) is 4. The van der Waals surface area contributed by atoms with Gasteiger partial charge in [-0.15, -0.1) is 0 Å². The third-order valence-corrected chi connectivity index (χ3v) is 12.4. The van der Waals surface area contributed by atoms with E-state index in [4.69, 9.17) is 13.6 Å². The zero-order valence-corrected chi connectivity index (χ0v) is 24.2. The summed E-state index contributed by atoms with van der Waals surface area (Å²) >= 11 is 0. The molecule has 0 radical (unpaired) electrons. The van der Waals surface area contributed by atoms with E-state index in [9.17, 15) is 5.11 Å². The van der Waals surface area contributed by atoms with Gasteiger partial charge in [-0.05, 0) is 46.8 Å². The number of hydrogen-bond donors (Lipinski definition) is 1. The van der Waals surface area contributed by atoms with Gasteiger partial charge in [0.15, 0.2) is 11.5 Å². The molecule has 37 heavy (non-hydrogen) atoms. The largest absolute Gasteiger partial charge is 0.504 e. The smallest absolute Gasteiger partial charge is 0.261 e. The number of fused-ring (bicyclic) bond motifs is 1. The van der Waals surface area contributed by atoms with Gasteiger partial charge in [0.05, 0.1) is 7.11 Å². The third kappa shape index (κ3) is 5.20. The summed E-state index contributed by atoms with van der Waals surface area (Å²) in [6, 6.07) is 25.3. The number of phenolic OH excluding ortho intramolecular Hbond substituents is 1. The fraction of sp³-hybridized carbons (Fsp3) is 0.375. The van der Waals surface area contributed by atoms with Crippen molar-refractivity contribution >= 4 is 29.7 Å². The predicted octanol–water partition coefficient (Wildman–Crippen LogP) is 7.16. The highest BCUT2D eigenvalue weighted by Crippen LogP contribution is 2.40. The highest BCUT2D eigenvalue weighted by Gasteiger charge is 2.50. The summed E-state index contributed by atoms with van der Waals surface area (Å²) < 4.78 is 18.8. The van der Waals surface area contributed by atoms with Crippen molar-refractivity contribution in [2.24, 2.45) is 5.92 Å². The Kier molecular flexibility index (Phi) is 7.86. The van der Waals surface area contributed by atoms with Crippen molar-refractivity contribution in [1.29, 1.82) is 0 Å². The van der Waals surface area contributed by atoms with Crippen LogP contribution in [0.2, 0.25) is 5.04 Å². The number of aryl methyl sites for hydroxylation is 1. The van der Waals surface area contributed by atoms with Gasteiger partial charge in [0.25, 0.3) is 8.32 Å². The molecule has 1 heterocycles. The molecule has 2 atom stereocenters.